The monoisotopic (exact) mass is 253 g/mol. The molecule has 0 bridgehead atoms. The van der Waals surface area contributed by atoms with Gasteiger partial charge in [-0.05, 0) is 19.8 Å². The van der Waals surface area contributed by atoms with Gasteiger partial charge < -0.3 is 9.84 Å². The van der Waals surface area contributed by atoms with E-state index in [2.05, 4.69) is 4.72 Å². The lowest BCUT2D eigenvalue weighted by Crippen LogP contribution is -2.35. The van der Waals surface area contributed by atoms with Crippen molar-refractivity contribution in [1.29, 1.82) is 0 Å². The highest BCUT2D eigenvalue weighted by Crippen LogP contribution is 1.99. The molecule has 0 aliphatic carbocycles. The Labute approximate surface area is 96.0 Å². The van der Waals surface area contributed by atoms with Crippen LogP contribution < -0.4 is 4.72 Å². The van der Waals surface area contributed by atoms with Gasteiger partial charge in [-0.1, -0.05) is 0 Å². The second kappa shape index (κ2) is 7.59. The van der Waals surface area contributed by atoms with Crippen molar-refractivity contribution in [1.82, 2.24) is 4.72 Å². The molecular formula is C9H19NO5S. The molecule has 0 amide bonds. The number of hydrogen-bond acceptors (Lipinski definition) is 4. The fourth-order valence-electron chi connectivity index (χ4n) is 1.13. The zero-order chi connectivity index (χ0) is 12.6. The summed E-state index contributed by atoms with van der Waals surface area (Å²) in [6.07, 6.45) is 0.587. The van der Waals surface area contributed by atoms with Gasteiger partial charge in [-0.3, -0.25) is 4.79 Å². The van der Waals surface area contributed by atoms with E-state index in [-0.39, 0.29) is 24.6 Å². The van der Waals surface area contributed by atoms with E-state index in [1.165, 1.54) is 0 Å². The molecule has 6 nitrogen and oxygen atoms in total. The quantitative estimate of drug-likeness (QED) is 0.612. The summed E-state index contributed by atoms with van der Waals surface area (Å²) < 4.78 is 30.2. The predicted molar refractivity (Wildman–Crippen MR) is 59.7 cm³/mol. The molecule has 0 fully saturated rings. The van der Waals surface area contributed by atoms with Crippen LogP contribution >= 0.6 is 0 Å². The number of aliphatic carboxylic acids is 1. The zero-order valence-corrected chi connectivity index (χ0v) is 10.4. The minimum Gasteiger partial charge on any atom is -0.481 e. The topological polar surface area (TPSA) is 92.7 Å². The first-order valence-corrected chi connectivity index (χ1v) is 6.73. The predicted octanol–water partition coefficient (Wildman–Crippen LogP) is 0.196. The summed E-state index contributed by atoms with van der Waals surface area (Å²) in [5, 5.41) is 8.38. The lowest BCUT2D eigenvalue weighted by molar-refractivity contribution is -0.137. The van der Waals surface area contributed by atoms with Gasteiger partial charge in [0.25, 0.3) is 0 Å². The molecule has 0 heterocycles. The van der Waals surface area contributed by atoms with Crippen LogP contribution in [0.1, 0.15) is 26.2 Å². The molecule has 0 aromatic heterocycles. The highest BCUT2D eigenvalue weighted by Gasteiger charge is 2.14. The van der Waals surface area contributed by atoms with Crippen molar-refractivity contribution in [2.45, 2.75) is 32.2 Å². The first-order valence-electron chi connectivity index (χ1n) is 5.08. The standard InChI is InChI=1S/C9H19NO5S/c1-8(5-6-15-2)10-16(13,14)7-3-4-9(11)12/h8,10H,3-7H2,1-2H3,(H,11,12). The van der Waals surface area contributed by atoms with Gasteiger partial charge in [0.1, 0.15) is 0 Å². The molecule has 0 aliphatic heterocycles. The van der Waals surface area contributed by atoms with Crippen molar-refractivity contribution in [3.63, 3.8) is 0 Å². The Morgan fingerprint density at radius 1 is 1.50 bits per heavy atom. The van der Waals surface area contributed by atoms with Crippen LogP contribution in [-0.4, -0.2) is 45.0 Å². The van der Waals surface area contributed by atoms with E-state index < -0.39 is 16.0 Å². The second-order valence-electron chi connectivity index (χ2n) is 3.62. The van der Waals surface area contributed by atoms with Crippen LogP contribution in [0.4, 0.5) is 0 Å². The van der Waals surface area contributed by atoms with Crippen molar-refractivity contribution in [3.8, 4) is 0 Å². The zero-order valence-electron chi connectivity index (χ0n) is 9.60. The third-order valence-corrected chi connectivity index (χ3v) is 3.53. The molecule has 7 heteroatoms. The molecule has 1 unspecified atom stereocenters. The van der Waals surface area contributed by atoms with Gasteiger partial charge in [0.2, 0.25) is 10.0 Å². The van der Waals surface area contributed by atoms with Gasteiger partial charge in [0, 0.05) is 26.2 Å². The van der Waals surface area contributed by atoms with Gasteiger partial charge >= 0.3 is 5.97 Å². The maximum absolute atomic E-state index is 11.4. The molecule has 16 heavy (non-hydrogen) atoms. The lowest BCUT2D eigenvalue weighted by Gasteiger charge is -2.13. The van der Waals surface area contributed by atoms with Crippen LogP contribution in [0, 0.1) is 0 Å². The van der Waals surface area contributed by atoms with Crippen molar-refractivity contribution in [3.05, 3.63) is 0 Å². The minimum absolute atomic E-state index is 0.127. The van der Waals surface area contributed by atoms with Crippen LogP contribution in [-0.2, 0) is 19.6 Å². The summed E-state index contributed by atoms with van der Waals surface area (Å²) in [5.74, 6) is -1.14. The third kappa shape index (κ3) is 8.63. The van der Waals surface area contributed by atoms with Crippen LogP contribution in [0.5, 0.6) is 0 Å². The van der Waals surface area contributed by atoms with E-state index in [1.54, 1.807) is 14.0 Å². The Kier molecular flexibility index (Phi) is 7.27. The van der Waals surface area contributed by atoms with E-state index >= 15 is 0 Å². The van der Waals surface area contributed by atoms with Crippen molar-refractivity contribution in [2.24, 2.45) is 0 Å². The Morgan fingerprint density at radius 2 is 2.12 bits per heavy atom. The Bertz CT molecular complexity index is 301. The normalized spacial score (nSPS) is 13.6. The molecule has 96 valence electrons. The number of carboxylic acid groups (broad SMARTS) is 1. The number of nitrogens with one attached hydrogen (secondary N) is 1. The fraction of sp³-hybridized carbons (Fsp3) is 0.889. The summed E-state index contributed by atoms with van der Waals surface area (Å²) in [6.45, 7) is 2.23. The molecule has 0 saturated heterocycles. The van der Waals surface area contributed by atoms with Gasteiger partial charge in [-0.15, -0.1) is 0 Å². The van der Waals surface area contributed by atoms with Crippen LogP contribution in [0.2, 0.25) is 0 Å². The van der Waals surface area contributed by atoms with Crippen LogP contribution in [0.3, 0.4) is 0 Å². The number of carboxylic acids is 1. The molecule has 0 aromatic rings. The average molecular weight is 253 g/mol. The highest BCUT2D eigenvalue weighted by atomic mass is 32.2. The molecule has 0 rings (SSSR count). The molecule has 0 spiro atoms. The molecule has 0 saturated carbocycles. The number of carbonyl (C=O) groups is 1. The van der Waals surface area contributed by atoms with Gasteiger partial charge in [0.15, 0.2) is 0 Å². The maximum Gasteiger partial charge on any atom is 0.303 e. The van der Waals surface area contributed by atoms with Crippen molar-refractivity contribution in [2.75, 3.05) is 19.5 Å². The van der Waals surface area contributed by atoms with E-state index in [1.807, 2.05) is 0 Å². The Morgan fingerprint density at radius 3 is 2.62 bits per heavy atom. The summed E-state index contributed by atoms with van der Waals surface area (Å²) in [4.78, 5) is 10.2. The highest BCUT2D eigenvalue weighted by molar-refractivity contribution is 7.89. The van der Waals surface area contributed by atoms with E-state index in [9.17, 15) is 13.2 Å². The van der Waals surface area contributed by atoms with E-state index in [0.717, 1.165) is 0 Å². The SMILES string of the molecule is COCCC(C)NS(=O)(=O)CCCC(=O)O. The number of methoxy groups -OCH3 is 1. The lowest BCUT2D eigenvalue weighted by atomic mass is 10.3. The Hall–Kier alpha value is -0.660. The smallest absolute Gasteiger partial charge is 0.303 e. The molecule has 1 atom stereocenters. The third-order valence-electron chi connectivity index (χ3n) is 1.94. The number of sulfonamides is 1. The largest absolute Gasteiger partial charge is 0.481 e. The van der Waals surface area contributed by atoms with E-state index in [0.29, 0.717) is 13.0 Å². The number of ether oxygens (including phenoxy) is 1. The van der Waals surface area contributed by atoms with Crippen LogP contribution in [0.15, 0.2) is 0 Å². The molecule has 0 aliphatic rings. The summed E-state index contributed by atoms with van der Waals surface area (Å²) in [7, 11) is -1.83. The van der Waals surface area contributed by atoms with Crippen LogP contribution in [0.25, 0.3) is 0 Å². The van der Waals surface area contributed by atoms with Gasteiger partial charge in [-0.2, -0.15) is 0 Å². The fourth-order valence-corrected chi connectivity index (χ4v) is 2.51. The average Bonchev–Trinajstić information content (AvgIpc) is 2.12. The molecule has 0 aromatic carbocycles. The Balaban J connectivity index is 3.90. The first-order chi connectivity index (χ1) is 7.37. The summed E-state index contributed by atoms with van der Waals surface area (Å²) >= 11 is 0. The van der Waals surface area contributed by atoms with Crippen molar-refractivity contribution < 1.29 is 23.1 Å². The first kappa shape index (κ1) is 15.3. The number of rotatable bonds is 9. The maximum atomic E-state index is 11.4. The van der Waals surface area contributed by atoms with Gasteiger partial charge in [-0.25, -0.2) is 13.1 Å². The summed E-state index contributed by atoms with van der Waals surface area (Å²) in [6, 6.07) is -0.199. The molecular weight excluding hydrogens is 234 g/mol. The molecule has 2 N–H and O–H groups in total. The van der Waals surface area contributed by atoms with E-state index in [4.69, 9.17) is 9.84 Å². The number of hydrogen-bond donors (Lipinski definition) is 2. The van der Waals surface area contributed by atoms with Crippen molar-refractivity contribution >= 4 is 16.0 Å². The minimum atomic E-state index is -3.38. The van der Waals surface area contributed by atoms with Gasteiger partial charge in [0.05, 0.1) is 5.75 Å². The molecule has 0 radical (unpaired) electrons. The summed E-state index contributed by atoms with van der Waals surface area (Å²) in [5.41, 5.74) is 0. The second-order valence-corrected chi connectivity index (χ2v) is 5.49.